The Morgan fingerprint density at radius 2 is 0.889 bits per heavy atom. The Labute approximate surface area is 255 Å². The maximum atomic E-state index is 12.5. The van der Waals surface area contributed by atoms with Gasteiger partial charge < -0.3 is 9.47 Å². The fraction of sp³-hybridized carbons (Fsp3) is 0.212. The van der Waals surface area contributed by atoms with Crippen molar-refractivity contribution < 1.29 is 28.8 Å². The standard InChI is InChI=1S/C33H26N6O6/c1-4-42-32(40)18-8-11-21-24(14-18)38-29-26(35-21)27-30(37-23-13-17(16-45-44-6-3)7-10-20(23)34-27)31-28(29)36-22-12-9-19(15-25(22)39-31)33(41)43-5-2/h7-15H,4-6,16H2,1-3H3. The zero-order chi connectivity index (χ0) is 31.1. The summed E-state index contributed by atoms with van der Waals surface area (Å²) in [7, 11) is 0. The number of carbonyl (C=O) groups is 2. The van der Waals surface area contributed by atoms with Crippen molar-refractivity contribution in [2.75, 3.05) is 19.8 Å². The average Bonchev–Trinajstić information content (AvgIpc) is 3.06. The van der Waals surface area contributed by atoms with E-state index in [-0.39, 0.29) is 19.8 Å². The summed E-state index contributed by atoms with van der Waals surface area (Å²) < 4.78 is 10.4. The molecule has 0 aliphatic rings. The van der Waals surface area contributed by atoms with Gasteiger partial charge in [-0.1, -0.05) is 6.07 Å². The molecule has 0 N–H and O–H groups in total. The molecule has 7 rings (SSSR count). The van der Waals surface area contributed by atoms with Crippen LogP contribution in [0.1, 0.15) is 47.1 Å². The molecule has 3 aromatic heterocycles. The van der Waals surface area contributed by atoms with Crippen molar-refractivity contribution in [3.63, 3.8) is 0 Å². The third-order valence-electron chi connectivity index (χ3n) is 7.18. The number of fused-ring (bicyclic) bond motifs is 9. The Morgan fingerprint density at radius 3 is 1.31 bits per heavy atom. The average molecular weight is 603 g/mol. The largest absolute Gasteiger partial charge is 0.462 e. The molecule has 0 unspecified atom stereocenters. The lowest BCUT2D eigenvalue weighted by Gasteiger charge is -2.11. The molecule has 0 amide bonds. The van der Waals surface area contributed by atoms with E-state index in [2.05, 4.69) is 0 Å². The molecule has 0 saturated heterocycles. The molecule has 0 bridgehead atoms. The van der Waals surface area contributed by atoms with Gasteiger partial charge in [0.1, 0.15) is 39.7 Å². The van der Waals surface area contributed by atoms with Crippen LogP contribution < -0.4 is 0 Å². The first-order valence-electron chi connectivity index (χ1n) is 14.5. The van der Waals surface area contributed by atoms with Crippen LogP contribution >= 0.6 is 0 Å². The van der Waals surface area contributed by atoms with E-state index in [0.717, 1.165) is 5.56 Å². The van der Waals surface area contributed by atoms with Crippen LogP contribution in [0.5, 0.6) is 0 Å². The minimum atomic E-state index is -0.452. The van der Waals surface area contributed by atoms with E-state index < -0.39 is 11.9 Å². The smallest absolute Gasteiger partial charge is 0.338 e. The topological polar surface area (TPSA) is 148 Å². The quantitative estimate of drug-likeness (QED) is 0.0517. The van der Waals surface area contributed by atoms with Gasteiger partial charge in [-0.05, 0) is 74.9 Å². The highest BCUT2D eigenvalue weighted by Gasteiger charge is 2.20. The zero-order valence-corrected chi connectivity index (χ0v) is 24.7. The number of esters is 2. The highest BCUT2D eigenvalue weighted by Crippen LogP contribution is 2.33. The van der Waals surface area contributed by atoms with Crippen LogP contribution in [0.25, 0.3) is 66.2 Å². The van der Waals surface area contributed by atoms with Gasteiger partial charge in [0.25, 0.3) is 0 Å². The highest BCUT2D eigenvalue weighted by molar-refractivity contribution is 6.21. The van der Waals surface area contributed by atoms with Crippen LogP contribution in [0.3, 0.4) is 0 Å². The summed E-state index contributed by atoms with van der Waals surface area (Å²) in [4.78, 5) is 64.9. The van der Waals surface area contributed by atoms with E-state index >= 15 is 0 Å². The molecular formula is C33H26N6O6. The van der Waals surface area contributed by atoms with Crippen LogP contribution in [0.2, 0.25) is 0 Å². The molecule has 45 heavy (non-hydrogen) atoms. The SMILES string of the molecule is CCOOCc1ccc2nc3c4nc5ccc(C(=O)OCC)cc5nc4c4nc5ccc(C(=O)OCC)cc5nc4c3nc2c1. The summed E-state index contributed by atoms with van der Waals surface area (Å²) in [6.07, 6.45) is 0. The van der Waals surface area contributed by atoms with E-state index in [4.69, 9.17) is 49.2 Å². The van der Waals surface area contributed by atoms with Crippen LogP contribution in [0, 0.1) is 0 Å². The van der Waals surface area contributed by atoms with Crippen molar-refractivity contribution in [2.45, 2.75) is 27.4 Å². The molecule has 224 valence electrons. The normalized spacial score (nSPS) is 11.7. The molecule has 0 aliphatic heterocycles. The fourth-order valence-corrected chi connectivity index (χ4v) is 5.16. The fourth-order valence-electron chi connectivity index (χ4n) is 5.16. The highest BCUT2D eigenvalue weighted by atomic mass is 17.2. The molecule has 4 aromatic carbocycles. The van der Waals surface area contributed by atoms with E-state index in [0.29, 0.717) is 83.9 Å². The first kappa shape index (κ1) is 28.3. The molecule has 7 aromatic rings. The van der Waals surface area contributed by atoms with E-state index in [1.54, 1.807) is 50.2 Å². The molecular weight excluding hydrogens is 576 g/mol. The van der Waals surface area contributed by atoms with Crippen molar-refractivity contribution in [1.82, 2.24) is 29.9 Å². The Kier molecular flexibility index (Phi) is 7.28. The van der Waals surface area contributed by atoms with Crippen LogP contribution in [-0.2, 0) is 25.9 Å². The number of aromatic nitrogens is 6. The molecule has 12 heteroatoms. The lowest BCUT2D eigenvalue weighted by molar-refractivity contribution is -0.300. The molecule has 12 nitrogen and oxygen atoms in total. The second kappa shape index (κ2) is 11.6. The van der Waals surface area contributed by atoms with Gasteiger partial charge in [-0.3, -0.25) is 0 Å². The Morgan fingerprint density at radius 1 is 0.489 bits per heavy atom. The number of ether oxygens (including phenoxy) is 2. The van der Waals surface area contributed by atoms with Gasteiger partial charge in [0.2, 0.25) is 0 Å². The summed E-state index contributed by atoms with van der Waals surface area (Å²) in [5.41, 5.74) is 7.70. The number of carbonyl (C=O) groups excluding carboxylic acids is 2. The molecule has 0 spiro atoms. The Hall–Kier alpha value is -5.46. The van der Waals surface area contributed by atoms with Crippen molar-refractivity contribution in [2.24, 2.45) is 0 Å². The number of nitrogens with zero attached hydrogens (tertiary/aromatic N) is 6. The Bertz CT molecular complexity index is 2330. The Balaban J connectivity index is 1.54. The summed E-state index contributed by atoms with van der Waals surface area (Å²) in [5, 5.41) is 0. The predicted molar refractivity (Wildman–Crippen MR) is 167 cm³/mol. The number of rotatable bonds is 8. The maximum Gasteiger partial charge on any atom is 0.338 e. The summed E-state index contributed by atoms with van der Waals surface area (Å²) >= 11 is 0. The van der Waals surface area contributed by atoms with E-state index in [1.165, 1.54) is 0 Å². The minimum Gasteiger partial charge on any atom is -0.462 e. The molecule has 0 saturated carbocycles. The molecule has 0 radical (unpaired) electrons. The number of benzene rings is 4. The monoisotopic (exact) mass is 602 g/mol. The first-order valence-corrected chi connectivity index (χ1v) is 14.5. The van der Waals surface area contributed by atoms with E-state index in [9.17, 15) is 9.59 Å². The summed E-state index contributed by atoms with van der Waals surface area (Å²) in [6.45, 7) is 6.53. The van der Waals surface area contributed by atoms with Gasteiger partial charge in [0.05, 0.1) is 64.0 Å². The molecule has 3 heterocycles. The van der Waals surface area contributed by atoms with Gasteiger partial charge in [-0.15, -0.1) is 0 Å². The lowest BCUT2D eigenvalue weighted by Crippen LogP contribution is -2.05. The van der Waals surface area contributed by atoms with Crippen LogP contribution in [0.4, 0.5) is 0 Å². The van der Waals surface area contributed by atoms with Gasteiger partial charge >= 0.3 is 11.9 Å². The lowest BCUT2D eigenvalue weighted by atomic mass is 10.1. The number of hydrogen-bond donors (Lipinski definition) is 0. The van der Waals surface area contributed by atoms with Crippen LogP contribution in [-0.4, -0.2) is 61.7 Å². The molecule has 0 fully saturated rings. The summed E-state index contributed by atoms with van der Waals surface area (Å²) in [5.74, 6) is -0.900. The predicted octanol–water partition coefficient (Wildman–Crippen LogP) is 5.80. The third-order valence-corrected chi connectivity index (χ3v) is 7.18. The molecule has 0 atom stereocenters. The van der Waals surface area contributed by atoms with E-state index in [1.807, 2.05) is 25.1 Å². The first-order chi connectivity index (χ1) is 22.0. The summed E-state index contributed by atoms with van der Waals surface area (Å²) in [6, 6.07) is 15.7. The van der Waals surface area contributed by atoms with Crippen molar-refractivity contribution >= 4 is 78.1 Å². The third kappa shape index (κ3) is 5.09. The van der Waals surface area contributed by atoms with Gasteiger partial charge in [-0.25, -0.2) is 49.3 Å². The zero-order valence-electron chi connectivity index (χ0n) is 24.7. The molecule has 0 aliphatic carbocycles. The second-order valence-electron chi connectivity index (χ2n) is 10.1. The minimum absolute atomic E-state index is 0.244. The maximum absolute atomic E-state index is 12.5. The number of hydrogen-bond acceptors (Lipinski definition) is 12. The van der Waals surface area contributed by atoms with Crippen molar-refractivity contribution in [3.8, 4) is 0 Å². The van der Waals surface area contributed by atoms with Crippen molar-refractivity contribution in [3.05, 3.63) is 71.3 Å². The van der Waals surface area contributed by atoms with Crippen molar-refractivity contribution in [1.29, 1.82) is 0 Å². The van der Waals surface area contributed by atoms with Gasteiger partial charge in [-0.2, -0.15) is 0 Å². The van der Waals surface area contributed by atoms with Gasteiger partial charge in [0, 0.05) is 0 Å². The van der Waals surface area contributed by atoms with Gasteiger partial charge in [0.15, 0.2) is 0 Å². The van der Waals surface area contributed by atoms with Crippen LogP contribution in [0.15, 0.2) is 54.6 Å². The second-order valence-corrected chi connectivity index (χ2v) is 10.1.